The number of para-hydroxylation sites is 1. The third kappa shape index (κ3) is 4.38. The van der Waals surface area contributed by atoms with Gasteiger partial charge in [-0.1, -0.05) is 42.5 Å². The van der Waals surface area contributed by atoms with Gasteiger partial charge in [0.15, 0.2) is 6.61 Å². The van der Waals surface area contributed by atoms with Gasteiger partial charge in [-0.2, -0.15) is 0 Å². The molecule has 0 spiro atoms. The summed E-state index contributed by atoms with van der Waals surface area (Å²) in [6.45, 7) is 1.24. The van der Waals surface area contributed by atoms with E-state index in [0.717, 1.165) is 25.9 Å². The number of hydrogen-bond acceptors (Lipinski definition) is 3. The van der Waals surface area contributed by atoms with Gasteiger partial charge in [-0.15, -0.1) is 0 Å². The van der Waals surface area contributed by atoms with Crippen molar-refractivity contribution in [2.24, 2.45) is 11.7 Å². The van der Waals surface area contributed by atoms with Crippen LogP contribution in [0, 0.1) is 5.92 Å². The lowest BCUT2D eigenvalue weighted by molar-refractivity contribution is -0.119. The van der Waals surface area contributed by atoms with E-state index in [1.165, 1.54) is 5.56 Å². The summed E-state index contributed by atoms with van der Waals surface area (Å²) in [4.78, 5) is 25.6. The largest absolute Gasteiger partial charge is 0.483 e. The van der Waals surface area contributed by atoms with Crippen molar-refractivity contribution < 1.29 is 14.3 Å². The minimum Gasteiger partial charge on any atom is -0.483 e. The first kappa shape index (κ1) is 17.0. The molecule has 130 valence electrons. The number of primary amides is 1. The number of amides is 2. The zero-order valence-corrected chi connectivity index (χ0v) is 14.1. The number of nitrogens with zero attached hydrogens (tertiary/aromatic N) is 1. The molecular weight excluding hydrogens is 316 g/mol. The lowest BCUT2D eigenvalue weighted by Crippen LogP contribution is -2.29. The maximum atomic E-state index is 12.8. The van der Waals surface area contributed by atoms with Crippen LogP contribution in [-0.4, -0.2) is 36.4 Å². The highest BCUT2D eigenvalue weighted by Gasteiger charge is 2.28. The zero-order chi connectivity index (χ0) is 17.6. The van der Waals surface area contributed by atoms with Crippen molar-refractivity contribution in [1.82, 2.24) is 4.90 Å². The van der Waals surface area contributed by atoms with Crippen molar-refractivity contribution in [3.05, 3.63) is 65.7 Å². The molecule has 1 saturated heterocycles. The van der Waals surface area contributed by atoms with Crippen LogP contribution in [0.2, 0.25) is 0 Å². The molecule has 3 rings (SSSR count). The van der Waals surface area contributed by atoms with E-state index in [1.54, 1.807) is 24.3 Å². The molecule has 1 aliphatic heterocycles. The van der Waals surface area contributed by atoms with Crippen LogP contribution in [0.1, 0.15) is 22.3 Å². The first-order valence-electron chi connectivity index (χ1n) is 8.47. The van der Waals surface area contributed by atoms with E-state index in [-0.39, 0.29) is 12.5 Å². The van der Waals surface area contributed by atoms with Crippen LogP contribution in [0.5, 0.6) is 5.75 Å². The number of hydrogen-bond donors (Lipinski definition) is 1. The molecule has 0 saturated carbocycles. The maximum Gasteiger partial charge on any atom is 0.257 e. The monoisotopic (exact) mass is 338 g/mol. The summed E-state index contributed by atoms with van der Waals surface area (Å²) in [5.41, 5.74) is 6.90. The topological polar surface area (TPSA) is 72.6 Å². The quantitative estimate of drug-likeness (QED) is 0.878. The lowest BCUT2D eigenvalue weighted by Gasteiger charge is -2.18. The summed E-state index contributed by atoms with van der Waals surface area (Å²) < 4.78 is 5.38. The molecule has 25 heavy (non-hydrogen) atoms. The van der Waals surface area contributed by atoms with Crippen LogP contribution in [0.4, 0.5) is 0 Å². The van der Waals surface area contributed by atoms with E-state index in [1.807, 2.05) is 23.1 Å². The average molecular weight is 338 g/mol. The van der Waals surface area contributed by atoms with Gasteiger partial charge in [-0.25, -0.2) is 0 Å². The van der Waals surface area contributed by atoms with Crippen molar-refractivity contribution in [1.29, 1.82) is 0 Å². The van der Waals surface area contributed by atoms with Gasteiger partial charge >= 0.3 is 0 Å². The van der Waals surface area contributed by atoms with Crippen molar-refractivity contribution in [3.63, 3.8) is 0 Å². The van der Waals surface area contributed by atoms with E-state index < -0.39 is 5.91 Å². The number of benzene rings is 2. The van der Waals surface area contributed by atoms with Gasteiger partial charge in [0.1, 0.15) is 5.75 Å². The normalized spacial score (nSPS) is 16.6. The van der Waals surface area contributed by atoms with E-state index in [0.29, 0.717) is 17.2 Å². The van der Waals surface area contributed by atoms with Crippen molar-refractivity contribution >= 4 is 11.8 Å². The Morgan fingerprint density at radius 1 is 1.08 bits per heavy atom. The van der Waals surface area contributed by atoms with E-state index in [9.17, 15) is 9.59 Å². The fourth-order valence-corrected chi connectivity index (χ4v) is 3.22. The second-order valence-electron chi connectivity index (χ2n) is 6.35. The third-order valence-corrected chi connectivity index (χ3v) is 4.43. The highest BCUT2D eigenvalue weighted by atomic mass is 16.5. The first-order chi connectivity index (χ1) is 12.1. The molecular formula is C20H22N2O3. The second kappa shape index (κ2) is 7.83. The Hall–Kier alpha value is -2.82. The predicted octanol–water partition coefficient (Wildman–Crippen LogP) is 2.26. The molecule has 2 amide bonds. The molecule has 2 aromatic carbocycles. The number of ether oxygens (including phenoxy) is 1. The molecule has 0 aromatic heterocycles. The third-order valence-electron chi connectivity index (χ3n) is 4.43. The maximum absolute atomic E-state index is 12.8. The van der Waals surface area contributed by atoms with Gasteiger partial charge in [-0.05, 0) is 36.5 Å². The van der Waals surface area contributed by atoms with Gasteiger partial charge in [0, 0.05) is 13.1 Å². The molecule has 1 fully saturated rings. The van der Waals surface area contributed by atoms with Crippen molar-refractivity contribution in [2.75, 3.05) is 19.7 Å². The summed E-state index contributed by atoms with van der Waals surface area (Å²) in [5.74, 6) is 0.241. The Labute approximate surface area is 147 Å². The number of likely N-dealkylation sites (tertiary alicyclic amines) is 1. The van der Waals surface area contributed by atoms with Crippen molar-refractivity contribution in [3.8, 4) is 5.75 Å². The molecule has 0 radical (unpaired) electrons. The van der Waals surface area contributed by atoms with Crippen LogP contribution in [-0.2, 0) is 11.2 Å². The predicted molar refractivity (Wildman–Crippen MR) is 95.3 cm³/mol. The van der Waals surface area contributed by atoms with Crippen molar-refractivity contribution in [2.45, 2.75) is 12.8 Å². The van der Waals surface area contributed by atoms with Crippen LogP contribution in [0.3, 0.4) is 0 Å². The Kier molecular flexibility index (Phi) is 5.33. The van der Waals surface area contributed by atoms with Gasteiger partial charge in [0.2, 0.25) is 0 Å². The fraction of sp³-hybridized carbons (Fsp3) is 0.300. The lowest BCUT2D eigenvalue weighted by atomic mass is 9.99. The second-order valence-corrected chi connectivity index (χ2v) is 6.35. The Morgan fingerprint density at radius 3 is 2.56 bits per heavy atom. The molecule has 0 aliphatic carbocycles. The number of rotatable bonds is 6. The first-order valence-corrected chi connectivity index (χ1v) is 8.47. The summed E-state index contributed by atoms with van der Waals surface area (Å²) in [6, 6.07) is 17.3. The fourth-order valence-electron chi connectivity index (χ4n) is 3.22. The summed E-state index contributed by atoms with van der Waals surface area (Å²) >= 11 is 0. The molecule has 2 N–H and O–H groups in total. The van der Waals surface area contributed by atoms with Gasteiger partial charge in [0.05, 0.1) is 5.56 Å². The number of carbonyl (C=O) groups excluding carboxylic acids is 2. The highest BCUT2D eigenvalue weighted by Crippen LogP contribution is 2.26. The highest BCUT2D eigenvalue weighted by molar-refractivity contribution is 5.97. The Bertz CT molecular complexity index is 746. The Balaban J connectivity index is 1.65. The van der Waals surface area contributed by atoms with Gasteiger partial charge in [0.25, 0.3) is 11.8 Å². The van der Waals surface area contributed by atoms with Gasteiger partial charge in [-0.3, -0.25) is 9.59 Å². The van der Waals surface area contributed by atoms with Gasteiger partial charge < -0.3 is 15.4 Å². The molecule has 1 atom stereocenters. The minimum absolute atomic E-state index is 0.0596. The molecule has 0 bridgehead atoms. The van der Waals surface area contributed by atoms with E-state index in [4.69, 9.17) is 10.5 Å². The smallest absolute Gasteiger partial charge is 0.257 e. The zero-order valence-electron chi connectivity index (χ0n) is 14.1. The molecule has 5 nitrogen and oxygen atoms in total. The summed E-state index contributed by atoms with van der Waals surface area (Å²) in [6.07, 6.45) is 1.97. The SMILES string of the molecule is NC(=O)COc1ccccc1C(=O)N1CCC(Cc2ccccc2)C1. The van der Waals surface area contributed by atoms with E-state index >= 15 is 0 Å². The molecule has 5 heteroatoms. The van der Waals surface area contributed by atoms with Crippen LogP contribution < -0.4 is 10.5 Å². The van der Waals surface area contributed by atoms with Crippen LogP contribution in [0.15, 0.2) is 54.6 Å². The molecule has 1 unspecified atom stereocenters. The minimum atomic E-state index is -0.564. The molecule has 2 aromatic rings. The van der Waals surface area contributed by atoms with Crippen LogP contribution >= 0.6 is 0 Å². The molecule has 1 heterocycles. The molecule has 1 aliphatic rings. The summed E-state index contributed by atoms with van der Waals surface area (Å²) in [7, 11) is 0. The van der Waals surface area contributed by atoms with Crippen LogP contribution in [0.25, 0.3) is 0 Å². The number of nitrogens with two attached hydrogens (primary N) is 1. The standard InChI is InChI=1S/C20H22N2O3/c21-19(23)14-25-18-9-5-4-8-17(18)20(24)22-11-10-16(13-22)12-15-6-2-1-3-7-15/h1-9,16H,10-14H2,(H2,21,23). The van der Waals surface area contributed by atoms with E-state index in [2.05, 4.69) is 12.1 Å². The average Bonchev–Trinajstić information content (AvgIpc) is 3.09. The number of carbonyl (C=O) groups is 2. The Morgan fingerprint density at radius 2 is 1.80 bits per heavy atom. The summed E-state index contributed by atoms with van der Waals surface area (Å²) in [5, 5.41) is 0.